The Morgan fingerprint density at radius 1 is 1.32 bits per heavy atom. The van der Waals surface area contributed by atoms with Gasteiger partial charge in [0.25, 0.3) is 0 Å². The maximum atomic E-state index is 5.59. The lowest BCUT2D eigenvalue weighted by Crippen LogP contribution is -2.31. The summed E-state index contributed by atoms with van der Waals surface area (Å²) in [5.74, 6) is 0.890. The number of hydrazone groups is 1. The number of nitrogens with one attached hydrogen (secondary N) is 2. The fourth-order valence-electron chi connectivity index (χ4n) is 1.35. The predicted octanol–water partition coefficient (Wildman–Crippen LogP) is 2.68. The molecule has 0 spiro atoms. The van der Waals surface area contributed by atoms with Gasteiger partial charge < -0.3 is 10.1 Å². The van der Waals surface area contributed by atoms with E-state index >= 15 is 0 Å². The number of benzene rings is 1. The summed E-state index contributed by atoms with van der Waals surface area (Å²) >= 11 is 4.99. The Morgan fingerprint density at radius 3 is 2.68 bits per heavy atom. The van der Waals surface area contributed by atoms with Crippen LogP contribution < -0.4 is 15.5 Å². The second-order valence-corrected chi connectivity index (χ2v) is 4.41. The first-order valence-corrected chi connectivity index (χ1v) is 6.96. The van der Waals surface area contributed by atoms with Crippen molar-refractivity contribution < 1.29 is 4.74 Å². The third-order valence-electron chi connectivity index (χ3n) is 2.36. The van der Waals surface area contributed by atoms with Crippen LogP contribution in [0, 0.1) is 0 Å². The monoisotopic (exact) mass is 279 g/mol. The molecule has 0 fully saturated rings. The smallest absolute Gasteiger partial charge is 0.186 e. The highest BCUT2D eigenvalue weighted by Gasteiger charge is 1.94. The molecule has 0 atom stereocenters. The number of thiocarbonyl (C=S) groups is 1. The van der Waals surface area contributed by atoms with Gasteiger partial charge in [0.05, 0.1) is 12.8 Å². The Balaban J connectivity index is 2.39. The van der Waals surface area contributed by atoms with Gasteiger partial charge in [0, 0.05) is 6.54 Å². The molecule has 0 unspecified atom stereocenters. The fourth-order valence-corrected chi connectivity index (χ4v) is 1.55. The molecule has 0 heterocycles. The van der Waals surface area contributed by atoms with Crippen molar-refractivity contribution in [2.45, 2.75) is 26.7 Å². The lowest BCUT2D eigenvalue weighted by atomic mass is 10.2. The Kier molecular flexibility index (Phi) is 7.58. The molecule has 0 saturated heterocycles. The van der Waals surface area contributed by atoms with E-state index in [0.29, 0.717) is 5.11 Å². The van der Waals surface area contributed by atoms with E-state index in [4.69, 9.17) is 17.0 Å². The minimum atomic E-state index is 0.526. The third kappa shape index (κ3) is 6.76. The van der Waals surface area contributed by atoms with Crippen molar-refractivity contribution in [2.24, 2.45) is 5.10 Å². The van der Waals surface area contributed by atoms with Crippen molar-refractivity contribution in [1.82, 2.24) is 10.7 Å². The summed E-state index contributed by atoms with van der Waals surface area (Å²) in [6.45, 7) is 5.68. The molecule has 0 aliphatic rings. The SMILES string of the molecule is CCCCOc1ccc(C=NNC(=S)NCC)cc1. The van der Waals surface area contributed by atoms with Crippen molar-refractivity contribution in [2.75, 3.05) is 13.2 Å². The second-order valence-electron chi connectivity index (χ2n) is 4.00. The number of ether oxygens (including phenoxy) is 1. The van der Waals surface area contributed by atoms with Crippen LogP contribution in [0.15, 0.2) is 29.4 Å². The highest BCUT2D eigenvalue weighted by molar-refractivity contribution is 7.80. The molecule has 0 saturated carbocycles. The molecule has 5 heteroatoms. The molecule has 1 aromatic carbocycles. The molecule has 19 heavy (non-hydrogen) atoms. The van der Waals surface area contributed by atoms with Crippen molar-refractivity contribution in [3.05, 3.63) is 29.8 Å². The zero-order valence-corrected chi connectivity index (χ0v) is 12.3. The maximum Gasteiger partial charge on any atom is 0.186 e. The molecule has 1 rings (SSSR count). The topological polar surface area (TPSA) is 45.6 Å². The Bertz CT molecular complexity index is 404. The van der Waals surface area contributed by atoms with Gasteiger partial charge in [0.15, 0.2) is 5.11 Å². The Hall–Kier alpha value is -1.62. The number of hydrogen-bond acceptors (Lipinski definition) is 3. The number of rotatable bonds is 7. The summed E-state index contributed by atoms with van der Waals surface area (Å²) in [6.07, 6.45) is 3.94. The molecule has 0 radical (unpaired) electrons. The fraction of sp³-hybridized carbons (Fsp3) is 0.429. The van der Waals surface area contributed by atoms with Crippen LogP contribution in [-0.2, 0) is 0 Å². The summed E-state index contributed by atoms with van der Waals surface area (Å²) < 4.78 is 5.59. The summed E-state index contributed by atoms with van der Waals surface area (Å²) in [5.41, 5.74) is 3.74. The largest absolute Gasteiger partial charge is 0.494 e. The van der Waals surface area contributed by atoms with Gasteiger partial charge in [-0.05, 0) is 55.4 Å². The van der Waals surface area contributed by atoms with Gasteiger partial charge in [-0.1, -0.05) is 13.3 Å². The molecular formula is C14H21N3OS. The average molecular weight is 279 g/mol. The van der Waals surface area contributed by atoms with Crippen LogP contribution in [0.4, 0.5) is 0 Å². The first kappa shape index (κ1) is 15.4. The van der Waals surface area contributed by atoms with Crippen LogP contribution in [0.5, 0.6) is 5.75 Å². The number of unbranched alkanes of at least 4 members (excludes halogenated alkanes) is 1. The van der Waals surface area contributed by atoms with E-state index in [-0.39, 0.29) is 0 Å². The lowest BCUT2D eigenvalue weighted by molar-refractivity contribution is 0.309. The van der Waals surface area contributed by atoms with Crippen LogP contribution in [0.3, 0.4) is 0 Å². The zero-order chi connectivity index (χ0) is 13.9. The molecule has 104 valence electrons. The predicted molar refractivity (Wildman–Crippen MR) is 83.8 cm³/mol. The van der Waals surface area contributed by atoms with Gasteiger partial charge in [0.1, 0.15) is 5.75 Å². The quantitative estimate of drug-likeness (QED) is 0.349. The molecule has 4 nitrogen and oxygen atoms in total. The molecular weight excluding hydrogens is 258 g/mol. The highest BCUT2D eigenvalue weighted by atomic mass is 32.1. The van der Waals surface area contributed by atoms with Crippen molar-refractivity contribution >= 4 is 23.5 Å². The van der Waals surface area contributed by atoms with Gasteiger partial charge in [0.2, 0.25) is 0 Å². The van der Waals surface area contributed by atoms with Crippen LogP contribution in [-0.4, -0.2) is 24.5 Å². The first-order chi connectivity index (χ1) is 9.26. The van der Waals surface area contributed by atoms with Crippen molar-refractivity contribution in [3.8, 4) is 5.75 Å². The van der Waals surface area contributed by atoms with Gasteiger partial charge in [-0.3, -0.25) is 5.43 Å². The first-order valence-electron chi connectivity index (χ1n) is 6.56. The average Bonchev–Trinajstić information content (AvgIpc) is 2.41. The molecule has 0 aliphatic carbocycles. The van der Waals surface area contributed by atoms with E-state index in [1.807, 2.05) is 31.2 Å². The lowest BCUT2D eigenvalue weighted by Gasteiger charge is -2.05. The van der Waals surface area contributed by atoms with Gasteiger partial charge >= 0.3 is 0 Å². The van der Waals surface area contributed by atoms with Crippen LogP contribution >= 0.6 is 12.2 Å². The van der Waals surface area contributed by atoms with Crippen LogP contribution in [0.25, 0.3) is 0 Å². The molecule has 1 aromatic rings. The standard InChI is InChI=1S/C14H21N3OS/c1-3-5-10-18-13-8-6-12(7-9-13)11-16-17-14(19)15-4-2/h6-9,11H,3-5,10H2,1-2H3,(H2,15,17,19). The van der Waals surface area contributed by atoms with E-state index in [9.17, 15) is 0 Å². The maximum absolute atomic E-state index is 5.59. The van der Waals surface area contributed by atoms with E-state index in [0.717, 1.165) is 37.3 Å². The minimum Gasteiger partial charge on any atom is -0.494 e. The molecule has 2 N–H and O–H groups in total. The van der Waals surface area contributed by atoms with Crippen molar-refractivity contribution in [3.63, 3.8) is 0 Å². The second kappa shape index (κ2) is 9.33. The summed E-state index contributed by atoms with van der Waals surface area (Å²) in [7, 11) is 0. The van der Waals surface area contributed by atoms with Crippen LogP contribution in [0.2, 0.25) is 0 Å². The van der Waals surface area contributed by atoms with Gasteiger partial charge in [-0.25, -0.2) is 0 Å². The molecule has 0 amide bonds. The van der Waals surface area contributed by atoms with Crippen molar-refractivity contribution in [1.29, 1.82) is 0 Å². The van der Waals surface area contributed by atoms with E-state index in [1.54, 1.807) is 6.21 Å². The minimum absolute atomic E-state index is 0.526. The van der Waals surface area contributed by atoms with Gasteiger partial charge in [-0.2, -0.15) is 5.10 Å². The molecule has 0 bridgehead atoms. The number of nitrogens with zero attached hydrogens (tertiary/aromatic N) is 1. The summed E-state index contributed by atoms with van der Waals surface area (Å²) in [5, 5.41) is 7.53. The Morgan fingerprint density at radius 2 is 2.05 bits per heavy atom. The van der Waals surface area contributed by atoms with E-state index < -0.39 is 0 Å². The molecule has 0 aliphatic heterocycles. The molecule has 0 aromatic heterocycles. The third-order valence-corrected chi connectivity index (χ3v) is 2.60. The summed E-state index contributed by atoms with van der Waals surface area (Å²) in [4.78, 5) is 0. The van der Waals surface area contributed by atoms with E-state index in [1.165, 1.54) is 0 Å². The normalized spacial score (nSPS) is 10.4. The Labute approximate surface area is 120 Å². The van der Waals surface area contributed by atoms with E-state index in [2.05, 4.69) is 22.8 Å². The summed E-state index contributed by atoms with van der Waals surface area (Å²) in [6, 6.07) is 7.81. The number of hydrogen-bond donors (Lipinski definition) is 2. The van der Waals surface area contributed by atoms with Gasteiger partial charge in [-0.15, -0.1) is 0 Å². The zero-order valence-electron chi connectivity index (χ0n) is 11.5. The van der Waals surface area contributed by atoms with Crippen LogP contribution in [0.1, 0.15) is 32.3 Å². The highest BCUT2D eigenvalue weighted by Crippen LogP contribution is 2.11.